The van der Waals surface area contributed by atoms with Crippen molar-refractivity contribution in [2.24, 2.45) is 10.9 Å². The summed E-state index contributed by atoms with van der Waals surface area (Å²) < 4.78 is 5.50. The van der Waals surface area contributed by atoms with E-state index in [9.17, 15) is 4.79 Å². The second kappa shape index (κ2) is 13.0. The number of rotatable bonds is 6. The van der Waals surface area contributed by atoms with Crippen LogP contribution in [0.15, 0.2) is 29.3 Å². The van der Waals surface area contributed by atoms with E-state index < -0.39 is 0 Å². The van der Waals surface area contributed by atoms with E-state index in [1.54, 1.807) is 7.05 Å². The third-order valence-electron chi connectivity index (χ3n) is 5.74. The van der Waals surface area contributed by atoms with E-state index in [2.05, 4.69) is 51.6 Å². The summed E-state index contributed by atoms with van der Waals surface area (Å²) in [6.45, 7) is 8.93. The average molecular weight is 529 g/mol. The molecule has 0 unspecified atom stereocenters. The number of amides is 1. The first-order chi connectivity index (χ1) is 14.2. The molecule has 8 heteroatoms. The number of hydrogen-bond donors (Lipinski definition) is 2. The summed E-state index contributed by atoms with van der Waals surface area (Å²) >= 11 is 0. The standard InChI is InChI=1S/C22H35N5O2.HI/c1-3-24-22(27-10-8-18(9-11-27)16-21(28)23-2)25-17-19-6-4-5-7-20(19)26-12-14-29-15-13-26;/h4-7,18H,3,8-17H2,1-2H3,(H,23,28)(H,24,25);1H. The molecule has 2 saturated heterocycles. The molecule has 0 saturated carbocycles. The van der Waals surface area contributed by atoms with E-state index in [0.29, 0.717) is 18.9 Å². The predicted molar refractivity (Wildman–Crippen MR) is 133 cm³/mol. The summed E-state index contributed by atoms with van der Waals surface area (Å²) in [7, 11) is 1.71. The average Bonchev–Trinajstić information content (AvgIpc) is 2.78. The van der Waals surface area contributed by atoms with Crippen LogP contribution in [0.1, 0.15) is 31.7 Å². The summed E-state index contributed by atoms with van der Waals surface area (Å²) in [5.74, 6) is 1.59. The van der Waals surface area contributed by atoms with Crippen LogP contribution in [-0.2, 0) is 16.1 Å². The smallest absolute Gasteiger partial charge is 0.220 e. The number of carbonyl (C=O) groups is 1. The van der Waals surface area contributed by atoms with Gasteiger partial charge in [0.25, 0.3) is 0 Å². The molecule has 2 heterocycles. The maximum absolute atomic E-state index is 11.6. The molecule has 7 nitrogen and oxygen atoms in total. The number of morpholine rings is 1. The number of anilines is 1. The first-order valence-electron chi connectivity index (χ1n) is 10.9. The molecule has 0 aromatic heterocycles. The van der Waals surface area contributed by atoms with Gasteiger partial charge >= 0.3 is 0 Å². The Morgan fingerprint density at radius 2 is 1.87 bits per heavy atom. The molecule has 2 aliphatic rings. The fourth-order valence-corrected chi connectivity index (χ4v) is 4.06. The Bertz CT molecular complexity index is 686. The molecule has 1 amide bonds. The van der Waals surface area contributed by atoms with Crippen molar-refractivity contribution in [2.45, 2.75) is 32.7 Å². The zero-order valence-corrected chi connectivity index (χ0v) is 20.6. The normalized spacial score (nSPS) is 18.0. The largest absolute Gasteiger partial charge is 0.378 e. The molecule has 0 spiro atoms. The Kier molecular flexibility index (Phi) is 10.7. The summed E-state index contributed by atoms with van der Waals surface area (Å²) in [6, 6.07) is 8.55. The van der Waals surface area contributed by atoms with Crippen LogP contribution in [0.25, 0.3) is 0 Å². The van der Waals surface area contributed by atoms with Crippen LogP contribution in [0.3, 0.4) is 0 Å². The van der Waals surface area contributed by atoms with Gasteiger partial charge in [-0.25, -0.2) is 4.99 Å². The molecule has 0 atom stereocenters. The molecule has 0 bridgehead atoms. The molecule has 3 rings (SSSR count). The fourth-order valence-electron chi connectivity index (χ4n) is 4.06. The second-order valence-electron chi connectivity index (χ2n) is 7.71. The highest BCUT2D eigenvalue weighted by atomic mass is 127. The Morgan fingerprint density at radius 1 is 1.17 bits per heavy atom. The molecular formula is C22H36IN5O2. The molecule has 1 aromatic carbocycles. The number of para-hydroxylation sites is 1. The van der Waals surface area contributed by atoms with Gasteiger partial charge < -0.3 is 25.2 Å². The van der Waals surface area contributed by atoms with Gasteiger partial charge in [0, 0.05) is 51.9 Å². The molecule has 1 aromatic rings. The first kappa shape index (κ1) is 24.7. The van der Waals surface area contributed by atoms with Crippen molar-refractivity contribution in [2.75, 3.05) is 57.9 Å². The Morgan fingerprint density at radius 3 is 2.53 bits per heavy atom. The van der Waals surface area contributed by atoms with Gasteiger partial charge in [0.1, 0.15) is 0 Å². The van der Waals surface area contributed by atoms with Gasteiger partial charge in [-0.1, -0.05) is 18.2 Å². The third-order valence-corrected chi connectivity index (χ3v) is 5.74. The van der Waals surface area contributed by atoms with Crippen molar-refractivity contribution in [3.8, 4) is 0 Å². The molecular weight excluding hydrogens is 493 g/mol. The van der Waals surface area contributed by atoms with Crippen molar-refractivity contribution < 1.29 is 9.53 Å². The van der Waals surface area contributed by atoms with Crippen LogP contribution in [0.5, 0.6) is 0 Å². The van der Waals surface area contributed by atoms with E-state index in [4.69, 9.17) is 9.73 Å². The van der Waals surface area contributed by atoms with Gasteiger partial charge in [-0.2, -0.15) is 0 Å². The van der Waals surface area contributed by atoms with Gasteiger partial charge in [-0.3, -0.25) is 4.79 Å². The number of ether oxygens (including phenoxy) is 1. The zero-order valence-electron chi connectivity index (χ0n) is 18.2. The lowest BCUT2D eigenvalue weighted by atomic mass is 9.93. The van der Waals surface area contributed by atoms with Crippen molar-refractivity contribution >= 4 is 41.5 Å². The molecule has 30 heavy (non-hydrogen) atoms. The van der Waals surface area contributed by atoms with E-state index in [1.807, 2.05) is 0 Å². The van der Waals surface area contributed by atoms with E-state index in [1.165, 1.54) is 11.3 Å². The number of halogens is 1. The summed E-state index contributed by atoms with van der Waals surface area (Å²) in [5, 5.41) is 6.19. The van der Waals surface area contributed by atoms with Gasteiger partial charge in [0.2, 0.25) is 5.91 Å². The van der Waals surface area contributed by atoms with Crippen LogP contribution < -0.4 is 15.5 Å². The number of aliphatic imine (C=N–C) groups is 1. The predicted octanol–water partition coefficient (Wildman–Crippen LogP) is 2.45. The molecule has 2 aliphatic heterocycles. The summed E-state index contributed by atoms with van der Waals surface area (Å²) in [4.78, 5) is 21.3. The van der Waals surface area contributed by atoms with Crippen LogP contribution in [0, 0.1) is 5.92 Å². The lowest BCUT2D eigenvalue weighted by Crippen LogP contribution is -2.46. The number of guanidine groups is 1. The quantitative estimate of drug-likeness (QED) is 0.337. The van der Waals surface area contributed by atoms with Crippen LogP contribution in [-0.4, -0.2) is 69.8 Å². The minimum absolute atomic E-state index is 0. The molecule has 2 fully saturated rings. The highest BCUT2D eigenvalue weighted by Crippen LogP contribution is 2.23. The van der Waals surface area contributed by atoms with Crippen molar-refractivity contribution in [3.05, 3.63) is 29.8 Å². The van der Waals surface area contributed by atoms with Crippen molar-refractivity contribution in [3.63, 3.8) is 0 Å². The van der Waals surface area contributed by atoms with Crippen LogP contribution in [0.4, 0.5) is 5.69 Å². The number of nitrogens with zero attached hydrogens (tertiary/aromatic N) is 3. The first-order valence-corrected chi connectivity index (χ1v) is 10.9. The number of hydrogen-bond acceptors (Lipinski definition) is 4. The highest BCUT2D eigenvalue weighted by molar-refractivity contribution is 14.0. The molecule has 2 N–H and O–H groups in total. The van der Waals surface area contributed by atoms with Gasteiger partial charge in [0.15, 0.2) is 5.96 Å². The maximum atomic E-state index is 11.6. The number of carbonyl (C=O) groups excluding carboxylic acids is 1. The maximum Gasteiger partial charge on any atom is 0.220 e. The minimum Gasteiger partial charge on any atom is -0.378 e. The van der Waals surface area contributed by atoms with Gasteiger partial charge in [-0.05, 0) is 37.3 Å². The van der Waals surface area contributed by atoms with E-state index in [-0.39, 0.29) is 29.9 Å². The lowest BCUT2D eigenvalue weighted by Gasteiger charge is -2.34. The highest BCUT2D eigenvalue weighted by Gasteiger charge is 2.23. The number of piperidine rings is 1. The van der Waals surface area contributed by atoms with Crippen molar-refractivity contribution in [1.29, 1.82) is 0 Å². The summed E-state index contributed by atoms with van der Waals surface area (Å²) in [6.07, 6.45) is 2.69. The molecule has 168 valence electrons. The van der Waals surface area contributed by atoms with Crippen LogP contribution in [0.2, 0.25) is 0 Å². The minimum atomic E-state index is 0. The Balaban J connectivity index is 0.00000320. The van der Waals surface area contributed by atoms with Gasteiger partial charge in [-0.15, -0.1) is 24.0 Å². The van der Waals surface area contributed by atoms with Gasteiger partial charge in [0.05, 0.1) is 19.8 Å². The van der Waals surface area contributed by atoms with E-state index >= 15 is 0 Å². The van der Waals surface area contributed by atoms with Crippen molar-refractivity contribution in [1.82, 2.24) is 15.5 Å². The number of nitrogens with one attached hydrogen (secondary N) is 2. The third kappa shape index (κ3) is 7.01. The second-order valence-corrected chi connectivity index (χ2v) is 7.71. The summed E-state index contributed by atoms with van der Waals surface area (Å²) in [5.41, 5.74) is 2.51. The zero-order chi connectivity index (χ0) is 20.5. The topological polar surface area (TPSA) is 69.2 Å². The number of benzene rings is 1. The lowest BCUT2D eigenvalue weighted by molar-refractivity contribution is -0.121. The number of likely N-dealkylation sites (tertiary alicyclic amines) is 1. The molecule has 0 radical (unpaired) electrons. The fraction of sp³-hybridized carbons (Fsp3) is 0.636. The molecule has 0 aliphatic carbocycles. The van der Waals surface area contributed by atoms with Crippen LogP contribution >= 0.6 is 24.0 Å². The Hall–Kier alpha value is -1.55. The monoisotopic (exact) mass is 529 g/mol. The van der Waals surface area contributed by atoms with E-state index in [0.717, 1.165) is 64.7 Å². The SMILES string of the molecule is CCNC(=NCc1ccccc1N1CCOCC1)N1CCC(CC(=O)NC)CC1.I. The Labute approximate surface area is 197 Å².